The molecule has 3 aliphatic heterocycles. The average molecular weight is 490 g/mol. The molecule has 1 saturated heterocycles. The van der Waals surface area contributed by atoms with Crippen molar-refractivity contribution in [2.75, 3.05) is 39.7 Å². The predicted molar refractivity (Wildman–Crippen MR) is 117 cm³/mol. The summed E-state index contributed by atoms with van der Waals surface area (Å²) in [6.07, 6.45) is 6.24. The van der Waals surface area contributed by atoms with E-state index in [-0.39, 0.29) is 6.61 Å². The van der Waals surface area contributed by atoms with Crippen molar-refractivity contribution >= 4 is 36.8 Å². The molecule has 0 aromatic heterocycles. The lowest BCUT2D eigenvalue weighted by atomic mass is 9.98. The van der Waals surface area contributed by atoms with Crippen molar-refractivity contribution in [2.45, 2.75) is 38.5 Å². The van der Waals surface area contributed by atoms with Crippen LogP contribution in [0, 0.1) is 5.92 Å². The molecule has 1 atom stereocenters. The Labute approximate surface area is 172 Å². The van der Waals surface area contributed by atoms with Gasteiger partial charge in [0.05, 0.1) is 28.4 Å². The Morgan fingerprint density at radius 3 is 2.92 bits per heavy atom. The van der Waals surface area contributed by atoms with Crippen molar-refractivity contribution in [3.8, 4) is 0 Å². The average Bonchev–Trinajstić information content (AvgIpc) is 3.07. The maximum absolute atomic E-state index is 9.56. The first kappa shape index (κ1) is 20.2. The maximum atomic E-state index is 9.56. The van der Waals surface area contributed by atoms with Crippen LogP contribution in [-0.4, -0.2) is 71.6 Å². The Hall–Kier alpha value is -0.583. The van der Waals surface area contributed by atoms with E-state index in [1.165, 1.54) is 17.4 Å². The second-order valence-corrected chi connectivity index (χ2v) is 15.3. The van der Waals surface area contributed by atoms with Gasteiger partial charge in [-0.3, -0.25) is 3.11 Å². The number of hydrogen-bond acceptors (Lipinski definition) is 6. The third kappa shape index (κ3) is 4.82. The maximum Gasteiger partial charge on any atom is 0.142 e. The van der Waals surface area contributed by atoms with Gasteiger partial charge >= 0.3 is 0 Å². The molecule has 0 spiro atoms. The Kier molecular flexibility index (Phi) is 6.68. The van der Waals surface area contributed by atoms with Crippen LogP contribution in [0.1, 0.15) is 12.8 Å². The summed E-state index contributed by atoms with van der Waals surface area (Å²) in [4.78, 5) is 9.24. The summed E-state index contributed by atoms with van der Waals surface area (Å²) < 4.78 is 8.24. The summed E-state index contributed by atoms with van der Waals surface area (Å²) in [7, 11) is -1.06. The molecule has 6 nitrogen and oxygen atoms in total. The summed E-state index contributed by atoms with van der Waals surface area (Å²) in [5.74, 6) is 2.62. The first-order valence-electron chi connectivity index (χ1n) is 9.50. The van der Waals surface area contributed by atoms with E-state index < -0.39 is 8.07 Å². The predicted octanol–water partition coefficient (Wildman–Crippen LogP) is 3.07. The zero-order chi connectivity index (χ0) is 18.7. The zero-order valence-electron chi connectivity index (χ0n) is 16.1. The minimum Gasteiger partial charge on any atom is -0.396 e. The van der Waals surface area contributed by atoms with Gasteiger partial charge in [-0.1, -0.05) is 19.6 Å². The minimum atomic E-state index is -1.06. The van der Waals surface area contributed by atoms with E-state index in [1.807, 2.05) is 6.20 Å². The molecular weight excluding hydrogens is 459 g/mol. The quantitative estimate of drug-likeness (QED) is 0.257. The monoisotopic (exact) mass is 490 g/mol. The Morgan fingerprint density at radius 1 is 1.38 bits per heavy atom. The van der Waals surface area contributed by atoms with Gasteiger partial charge < -0.3 is 19.6 Å². The third-order valence-corrected chi connectivity index (χ3v) is 7.53. The normalized spacial score (nSPS) is 23.7. The molecule has 0 aromatic rings. The number of likely N-dealkylation sites (tertiary alicyclic amines) is 1. The number of amidine groups is 1. The fourth-order valence-electron chi connectivity index (χ4n) is 3.55. The van der Waals surface area contributed by atoms with Gasteiger partial charge in [-0.05, 0) is 30.9 Å². The lowest BCUT2D eigenvalue weighted by Crippen LogP contribution is -2.49. The molecule has 8 heteroatoms. The molecule has 0 aromatic carbocycles. The number of hydrogen-bond donors (Lipinski definition) is 1. The van der Waals surface area contributed by atoms with Crippen LogP contribution in [-0.2, 0) is 4.74 Å². The van der Waals surface area contributed by atoms with Crippen molar-refractivity contribution in [1.29, 1.82) is 0 Å². The lowest BCUT2D eigenvalue weighted by molar-refractivity contribution is 0.0554. The van der Waals surface area contributed by atoms with Crippen LogP contribution in [0.2, 0.25) is 25.7 Å². The summed E-state index contributed by atoms with van der Waals surface area (Å²) in [6, 6.07) is 1.18. The number of ether oxygens (including phenoxy) is 1. The van der Waals surface area contributed by atoms with Crippen LogP contribution < -0.4 is 0 Å². The highest BCUT2D eigenvalue weighted by molar-refractivity contribution is 14.1. The highest BCUT2D eigenvalue weighted by atomic mass is 127. The van der Waals surface area contributed by atoms with Crippen LogP contribution in [0.5, 0.6) is 0 Å². The Balaban J connectivity index is 1.67. The van der Waals surface area contributed by atoms with E-state index in [4.69, 9.17) is 4.74 Å². The van der Waals surface area contributed by atoms with Crippen molar-refractivity contribution in [3.63, 3.8) is 0 Å². The number of nitrogens with zero attached hydrogens (tertiary/aromatic N) is 4. The van der Waals surface area contributed by atoms with Gasteiger partial charge in [-0.15, -0.1) is 0 Å². The van der Waals surface area contributed by atoms with Crippen molar-refractivity contribution < 1.29 is 9.84 Å². The molecule has 3 aliphatic rings. The van der Waals surface area contributed by atoms with E-state index in [1.54, 1.807) is 0 Å². The van der Waals surface area contributed by atoms with Gasteiger partial charge in [0, 0.05) is 40.6 Å². The van der Waals surface area contributed by atoms with E-state index in [2.05, 4.69) is 66.5 Å². The number of halogens is 1. The van der Waals surface area contributed by atoms with Crippen molar-refractivity contribution in [1.82, 2.24) is 12.9 Å². The number of aliphatic hydroxyl groups excluding tert-OH is 1. The molecule has 3 heterocycles. The van der Waals surface area contributed by atoms with E-state index >= 15 is 0 Å². The SMILES string of the molecule is C[Si](C)(C)CCOCN1CN(I)C(N2CCCC(CO)C2)=C2C=CN=C21. The molecule has 0 radical (unpaired) electrons. The van der Waals surface area contributed by atoms with Gasteiger partial charge in [0.15, 0.2) is 0 Å². The molecule has 0 amide bonds. The molecule has 26 heavy (non-hydrogen) atoms. The first-order valence-corrected chi connectivity index (χ1v) is 14.2. The van der Waals surface area contributed by atoms with E-state index in [0.717, 1.165) is 45.0 Å². The molecule has 3 rings (SSSR count). The number of fused-ring (bicyclic) bond motifs is 1. The van der Waals surface area contributed by atoms with Gasteiger partial charge in [0.1, 0.15) is 25.1 Å². The number of aliphatic hydroxyl groups is 1. The number of rotatable bonds is 7. The van der Waals surface area contributed by atoms with Crippen LogP contribution in [0.15, 0.2) is 28.7 Å². The van der Waals surface area contributed by atoms with Gasteiger partial charge in [0.25, 0.3) is 0 Å². The fraction of sp³-hybridized carbons (Fsp3) is 0.722. The summed E-state index contributed by atoms with van der Waals surface area (Å²) >= 11 is 2.40. The van der Waals surface area contributed by atoms with Crippen LogP contribution >= 0.6 is 22.9 Å². The molecule has 1 N–H and O–H groups in total. The molecule has 1 fully saturated rings. The fourth-order valence-corrected chi connectivity index (χ4v) is 5.24. The van der Waals surface area contributed by atoms with Gasteiger partial charge in [-0.25, -0.2) is 4.99 Å². The lowest BCUT2D eigenvalue weighted by Gasteiger charge is -2.43. The standard InChI is InChI=1S/C18H31IN4O2Si/c1-26(2,3)10-9-25-14-22-13-23(19)18(16-6-7-20-17(16)22)21-8-4-5-15(11-21)12-24/h6-7,15,24H,4-5,8-14H2,1-3H3. The van der Waals surface area contributed by atoms with E-state index in [9.17, 15) is 5.11 Å². The highest BCUT2D eigenvalue weighted by Crippen LogP contribution is 2.33. The second-order valence-electron chi connectivity index (χ2n) is 8.53. The first-order chi connectivity index (χ1) is 12.4. The van der Waals surface area contributed by atoms with Crippen molar-refractivity contribution in [2.24, 2.45) is 10.9 Å². The molecule has 0 aliphatic carbocycles. The highest BCUT2D eigenvalue weighted by Gasteiger charge is 2.34. The Morgan fingerprint density at radius 2 is 2.19 bits per heavy atom. The van der Waals surface area contributed by atoms with Crippen molar-refractivity contribution in [3.05, 3.63) is 23.7 Å². The molecule has 0 bridgehead atoms. The van der Waals surface area contributed by atoms with Crippen LogP contribution in [0.3, 0.4) is 0 Å². The Bertz CT molecular complexity index is 602. The molecule has 146 valence electrons. The number of piperidine rings is 1. The second kappa shape index (κ2) is 8.62. The van der Waals surface area contributed by atoms with Crippen LogP contribution in [0.25, 0.3) is 0 Å². The van der Waals surface area contributed by atoms with Gasteiger partial charge in [-0.2, -0.15) is 0 Å². The zero-order valence-corrected chi connectivity index (χ0v) is 19.3. The molecule has 1 unspecified atom stereocenters. The number of aliphatic imine (C=N–C) groups is 1. The summed E-state index contributed by atoms with van der Waals surface area (Å²) in [6.45, 7) is 11.5. The van der Waals surface area contributed by atoms with Gasteiger partial charge in [0.2, 0.25) is 0 Å². The molecular formula is C18H31IN4O2Si. The van der Waals surface area contributed by atoms with Crippen LogP contribution in [0.4, 0.5) is 0 Å². The summed E-state index contributed by atoms with van der Waals surface area (Å²) in [5, 5.41) is 9.56. The third-order valence-electron chi connectivity index (χ3n) is 5.06. The molecule has 0 saturated carbocycles. The smallest absolute Gasteiger partial charge is 0.142 e. The van der Waals surface area contributed by atoms with E-state index in [0.29, 0.717) is 12.6 Å². The summed E-state index contributed by atoms with van der Waals surface area (Å²) in [5.41, 5.74) is 1.18. The minimum absolute atomic E-state index is 0.272. The topological polar surface area (TPSA) is 51.5 Å². The largest absolute Gasteiger partial charge is 0.396 e.